The zero-order valence-electron chi connectivity index (χ0n) is 9.61. The first-order valence-electron chi connectivity index (χ1n) is 5.39. The van der Waals surface area contributed by atoms with Crippen molar-refractivity contribution in [3.8, 4) is 5.75 Å². The minimum absolute atomic E-state index is 0.533. The summed E-state index contributed by atoms with van der Waals surface area (Å²) in [4.78, 5) is 0. The molecular weight excluding hydrogens is 278 g/mol. The monoisotopic (exact) mass is 291 g/mol. The Balaban J connectivity index is 2.12. The van der Waals surface area contributed by atoms with Crippen LogP contribution in [0.25, 0.3) is 0 Å². The Bertz CT molecular complexity index is 525. The van der Waals surface area contributed by atoms with E-state index in [1.807, 2.05) is 49.4 Å². The Kier molecular flexibility index (Phi) is 3.69. The molecule has 0 amide bonds. The van der Waals surface area contributed by atoms with Crippen LogP contribution in [0.2, 0.25) is 0 Å². The molecule has 3 heteroatoms. The van der Waals surface area contributed by atoms with Crippen LogP contribution in [0.3, 0.4) is 0 Å². The molecular formula is C14H14BrNO. The zero-order chi connectivity index (χ0) is 12.3. The lowest BCUT2D eigenvalue weighted by atomic mass is 10.2. The van der Waals surface area contributed by atoms with Crippen molar-refractivity contribution >= 4 is 21.6 Å². The number of hydrogen-bond donors (Lipinski definition) is 1. The van der Waals surface area contributed by atoms with Gasteiger partial charge in [0.15, 0.2) is 0 Å². The number of rotatable bonds is 3. The van der Waals surface area contributed by atoms with Crippen LogP contribution < -0.4 is 10.5 Å². The van der Waals surface area contributed by atoms with E-state index in [1.54, 1.807) is 0 Å². The van der Waals surface area contributed by atoms with Crippen LogP contribution in [-0.4, -0.2) is 0 Å². The lowest BCUT2D eigenvalue weighted by molar-refractivity contribution is 0.303. The van der Waals surface area contributed by atoms with Gasteiger partial charge < -0.3 is 10.5 Å². The third-order valence-electron chi connectivity index (χ3n) is 2.55. The molecule has 17 heavy (non-hydrogen) atoms. The first-order chi connectivity index (χ1) is 8.16. The van der Waals surface area contributed by atoms with E-state index in [9.17, 15) is 0 Å². The van der Waals surface area contributed by atoms with Gasteiger partial charge in [-0.2, -0.15) is 0 Å². The average Bonchev–Trinajstić information content (AvgIpc) is 2.32. The number of nitrogen functional groups attached to an aromatic ring is 1. The highest BCUT2D eigenvalue weighted by atomic mass is 79.9. The zero-order valence-corrected chi connectivity index (χ0v) is 11.2. The van der Waals surface area contributed by atoms with Crippen LogP contribution in [0.15, 0.2) is 46.9 Å². The maximum atomic E-state index is 5.77. The molecule has 0 fully saturated rings. The van der Waals surface area contributed by atoms with Gasteiger partial charge in [-0.1, -0.05) is 40.2 Å². The minimum atomic E-state index is 0.533. The molecule has 0 aliphatic rings. The lowest BCUT2D eigenvalue weighted by Crippen LogP contribution is -1.98. The van der Waals surface area contributed by atoms with Gasteiger partial charge in [0.2, 0.25) is 0 Å². The highest BCUT2D eigenvalue weighted by Crippen LogP contribution is 2.23. The highest BCUT2D eigenvalue weighted by Gasteiger charge is 2.03. The van der Waals surface area contributed by atoms with E-state index >= 15 is 0 Å². The van der Waals surface area contributed by atoms with Crippen molar-refractivity contribution in [1.29, 1.82) is 0 Å². The Labute approximate surface area is 110 Å². The van der Waals surface area contributed by atoms with Crippen LogP contribution in [-0.2, 0) is 6.61 Å². The molecule has 2 aromatic rings. The molecule has 0 atom stereocenters. The van der Waals surface area contributed by atoms with Crippen LogP contribution in [0, 0.1) is 6.92 Å². The van der Waals surface area contributed by atoms with Crippen molar-refractivity contribution in [1.82, 2.24) is 0 Å². The molecule has 0 aromatic heterocycles. The molecule has 0 heterocycles. The van der Waals surface area contributed by atoms with Gasteiger partial charge in [0.05, 0.1) is 0 Å². The van der Waals surface area contributed by atoms with Gasteiger partial charge >= 0.3 is 0 Å². The minimum Gasteiger partial charge on any atom is -0.489 e. The first kappa shape index (κ1) is 12.0. The van der Waals surface area contributed by atoms with Crippen LogP contribution in [0.5, 0.6) is 5.75 Å². The van der Waals surface area contributed by atoms with Crippen molar-refractivity contribution in [2.75, 3.05) is 5.73 Å². The Morgan fingerprint density at radius 2 is 1.94 bits per heavy atom. The predicted octanol–water partition coefficient (Wildman–Crippen LogP) is 3.92. The number of halogens is 1. The van der Waals surface area contributed by atoms with E-state index < -0.39 is 0 Å². The van der Waals surface area contributed by atoms with E-state index in [2.05, 4.69) is 15.9 Å². The van der Waals surface area contributed by atoms with Gasteiger partial charge in [-0.25, -0.2) is 0 Å². The maximum absolute atomic E-state index is 5.77. The molecule has 0 aliphatic heterocycles. The third kappa shape index (κ3) is 3.01. The van der Waals surface area contributed by atoms with Gasteiger partial charge in [-0.05, 0) is 24.6 Å². The van der Waals surface area contributed by atoms with Crippen molar-refractivity contribution in [2.45, 2.75) is 13.5 Å². The van der Waals surface area contributed by atoms with Gasteiger partial charge in [-0.15, -0.1) is 0 Å². The number of anilines is 1. The topological polar surface area (TPSA) is 35.2 Å². The normalized spacial score (nSPS) is 10.2. The third-order valence-corrected chi connectivity index (χ3v) is 3.33. The highest BCUT2D eigenvalue weighted by molar-refractivity contribution is 9.10. The van der Waals surface area contributed by atoms with E-state index in [-0.39, 0.29) is 0 Å². The second kappa shape index (κ2) is 5.23. The summed E-state index contributed by atoms with van der Waals surface area (Å²) in [5, 5.41) is 0. The molecule has 0 bridgehead atoms. The molecule has 2 aromatic carbocycles. The maximum Gasteiger partial charge on any atom is 0.124 e. The van der Waals surface area contributed by atoms with Crippen molar-refractivity contribution in [2.24, 2.45) is 0 Å². The number of hydrogen-bond acceptors (Lipinski definition) is 2. The summed E-state index contributed by atoms with van der Waals surface area (Å²) in [6.07, 6.45) is 0. The molecule has 2 nitrogen and oxygen atoms in total. The van der Waals surface area contributed by atoms with E-state index in [0.29, 0.717) is 6.61 Å². The summed E-state index contributed by atoms with van der Waals surface area (Å²) in [5.74, 6) is 0.834. The second-order valence-electron chi connectivity index (χ2n) is 3.91. The van der Waals surface area contributed by atoms with Gasteiger partial charge in [0.25, 0.3) is 0 Å². The number of aryl methyl sites for hydroxylation is 1. The fraction of sp³-hybridized carbons (Fsp3) is 0.143. The molecule has 2 rings (SSSR count). The Hall–Kier alpha value is -1.48. The summed E-state index contributed by atoms with van der Waals surface area (Å²) in [6, 6.07) is 13.7. The largest absolute Gasteiger partial charge is 0.489 e. The molecule has 0 saturated heterocycles. The molecule has 0 saturated carbocycles. The summed E-state index contributed by atoms with van der Waals surface area (Å²) in [7, 11) is 0. The fourth-order valence-corrected chi connectivity index (χ4v) is 1.94. The number of nitrogens with two attached hydrogens (primary N) is 1. The molecule has 0 unspecified atom stereocenters. The van der Waals surface area contributed by atoms with Crippen LogP contribution in [0.4, 0.5) is 5.69 Å². The number of benzene rings is 2. The lowest BCUT2D eigenvalue weighted by Gasteiger charge is -2.10. The SMILES string of the molecule is Cc1ccc(N)cc1OCc1ccccc1Br. The smallest absolute Gasteiger partial charge is 0.124 e. The van der Waals surface area contributed by atoms with E-state index in [1.165, 1.54) is 0 Å². The van der Waals surface area contributed by atoms with Crippen molar-refractivity contribution in [3.05, 3.63) is 58.1 Å². The van der Waals surface area contributed by atoms with Gasteiger partial charge in [0, 0.05) is 21.8 Å². The van der Waals surface area contributed by atoms with E-state index in [4.69, 9.17) is 10.5 Å². The summed E-state index contributed by atoms with van der Waals surface area (Å²) in [5.41, 5.74) is 8.67. The average molecular weight is 292 g/mol. The summed E-state index contributed by atoms with van der Waals surface area (Å²) in [6.45, 7) is 2.54. The molecule has 0 radical (unpaired) electrons. The predicted molar refractivity (Wildman–Crippen MR) is 74.1 cm³/mol. The van der Waals surface area contributed by atoms with Gasteiger partial charge in [0.1, 0.15) is 12.4 Å². The van der Waals surface area contributed by atoms with Gasteiger partial charge in [-0.3, -0.25) is 0 Å². The molecule has 0 spiro atoms. The number of ether oxygens (including phenoxy) is 1. The molecule has 2 N–H and O–H groups in total. The second-order valence-corrected chi connectivity index (χ2v) is 4.76. The summed E-state index contributed by atoms with van der Waals surface area (Å²) >= 11 is 3.50. The first-order valence-corrected chi connectivity index (χ1v) is 6.18. The fourth-order valence-electron chi connectivity index (χ4n) is 1.54. The molecule has 0 aliphatic carbocycles. The van der Waals surface area contributed by atoms with E-state index in [0.717, 1.165) is 27.0 Å². The van der Waals surface area contributed by atoms with Crippen LogP contribution >= 0.6 is 15.9 Å². The Morgan fingerprint density at radius 1 is 1.18 bits per heavy atom. The van der Waals surface area contributed by atoms with Crippen LogP contribution in [0.1, 0.15) is 11.1 Å². The Morgan fingerprint density at radius 3 is 2.71 bits per heavy atom. The van der Waals surface area contributed by atoms with Crippen molar-refractivity contribution in [3.63, 3.8) is 0 Å². The van der Waals surface area contributed by atoms with Crippen molar-refractivity contribution < 1.29 is 4.74 Å². The molecule has 88 valence electrons. The standard InChI is InChI=1S/C14H14BrNO/c1-10-6-7-12(16)8-14(10)17-9-11-4-2-3-5-13(11)15/h2-8H,9,16H2,1H3. The quantitative estimate of drug-likeness (QED) is 0.870. The summed E-state index contributed by atoms with van der Waals surface area (Å²) < 4.78 is 6.83.